The molecular weight excluding hydrogens is 508 g/mol. The Hall–Kier alpha value is -3.04. The first-order valence-electron chi connectivity index (χ1n) is 10.4. The Kier molecular flexibility index (Phi) is 6.90. The number of benzene rings is 3. The van der Waals surface area contributed by atoms with Crippen LogP contribution in [0.3, 0.4) is 0 Å². The highest BCUT2D eigenvalue weighted by Crippen LogP contribution is 2.32. The summed E-state index contributed by atoms with van der Waals surface area (Å²) in [5.41, 5.74) is 1.21. The average molecular weight is 531 g/mol. The Morgan fingerprint density at radius 2 is 1.73 bits per heavy atom. The number of rotatable bonds is 7. The standard InChI is InChI=1S/C24H23BrN2O5S/c1-17(18-10-11-22-23(14-18)32-13-12-31-22)26-24(28)16-27(20-7-5-6-19(25)15-20)33(29,30)21-8-3-2-4-9-21/h2-11,14-15,17H,12-13,16H2,1H3,(H,26,28)/t17-/m0/s1. The second-order valence-corrected chi connectivity index (χ2v) is 10.3. The third kappa shape index (κ3) is 5.31. The van der Waals surface area contributed by atoms with Gasteiger partial charge in [-0.2, -0.15) is 0 Å². The van der Waals surface area contributed by atoms with Gasteiger partial charge in [-0.15, -0.1) is 0 Å². The molecule has 0 bridgehead atoms. The summed E-state index contributed by atoms with van der Waals surface area (Å²) in [4.78, 5) is 13.1. The van der Waals surface area contributed by atoms with Crippen molar-refractivity contribution in [1.82, 2.24) is 5.32 Å². The van der Waals surface area contributed by atoms with Crippen molar-refractivity contribution >= 4 is 37.5 Å². The van der Waals surface area contributed by atoms with Gasteiger partial charge in [-0.3, -0.25) is 9.10 Å². The van der Waals surface area contributed by atoms with Gasteiger partial charge in [0.1, 0.15) is 19.8 Å². The zero-order valence-corrected chi connectivity index (χ0v) is 20.3. The van der Waals surface area contributed by atoms with Gasteiger partial charge in [-0.1, -0.05) is 46.3 Å². The molecule has 33 heavy (non-hydrogen) atoms. The molecule has 1 aliphatic heterocycles. The quantitative estimate of drug-likeness (QED) is 0.492. The normalized spacial score (nSPS) is 13.8. The highest BCUT2D eigenvalue weighted by molar-refractivity contribution is 9.10. The minimum Gasteiger partial charge on any atom is -0.486 e. The van der Waals surface area contributed by atoms with E-state index < -0.39 is 15.9 Å². The predicted molar refractivity (Wildman–Crippen MR) is 129 cm³/mol. The molecule has 1 amide bonds. The summed E-state index contributed by atoms with van der Waals surface area (Å²) >= 11 is 3.38. The summed E-state index contributed by atoms with van der Waals surface area (Å²) in [7, 11) is -3.96. The predicted octanol–water partition coefficient (Wildman–Crippen LogP) is 4.29. The maximum atomic E-state index is 13.4. The number of hydrogen-bond donors (Lipinski definition) is 1. The van der Waals surface area contributed by atoms with Crippen LogP contribution < -0.4 is 19.1 Å². The minimum absolute atomic E-state index is 0.109. The third-order valence-corrected chi connectivity index (χ3v) is 7.44. The van der Waals surface area contributed by atoms with Crippen molar-refractivity contribution < 1.29 is 22.7 Å². The topological polar surface area (TPSA) is 84.9 Å². The summed E-state index contributed by atoms with van der Waals surface area (Å²) in [5, 5.41) is 2.89. The van der Waals surface area contributed by atoms with Gasteiger partial charge < -0.3 is 14.8 Å². The molecule has 7 nitrogen and oxygen atoms in total. The number of nitrogens with one attached hydrogen (secondary N) is 1. The van der Waals surface area contributed by atoms with E-state index in [1.165, 1.54) is 12.1 Å². The fraction of sp³-hybridized carbons (Fsp3) is 0.208. The molecule has 0 spiro atoms. The molecule has 4 rings (SSSR count). The zero-order valence-electron chi connectivity index (χ0n) is 17.9. The van der Waals surface area contributed by atoms with Crippen molar-refractivity contribution in [3.05, 3.63) is 82.8 Å². The molecule has 0 fully saturated rings. The van der Waals surface area contributed by atoms with Gasteiger partial charge in [-0.05, 0) is 55.0 Å². The second-order valence-electron chi connectivity index (χ2n) is 7.50. The number of hydrogen-bond acceptors (Lipinski definition) is 5. The number of halogens is 1. The number of nitrogens with zero attached hydrogens (tertiary/aromatic N) is 1. The first kappa shape index (κ1) is 23.1. The Morgan fingerprint density at radius 1 is 1.00 bits per heavy atom. The molecule has 0 saturated carbocycles. The molecule has 0 aliphatic carbocycles. The number of amides is 1. The van der Waals surface area contributed by atoms with E-state index in [2.05, 4.69) is 21.2 Å². The van der Waals surface area contributed by atoms with Crippen LogP contribution in [0.4, 0.5) is 5.69 Å². The Morgan fingerprint density at radius 3 is 2.45 bits per heavy atom. The van der Waals surface area contributed by atoms with Crippen LogP contribution in [0, 0.1) is 0 Å². The molecule has 1 heterocycles. The molecule has 0 saturated heterocycles. The number of ether oxygens (including phenoxy) is 2. The van der Waals surface area contributed by atoms with E-state index >= 15 is 0 Å². The molecule has 0 radical (unpaired) electrons. The number of sulfonamides is 1. The van der Waals surface area contributed by atoms with Crippen LogP contribution in [0.5, 0.6) is 11.5 Å². The summed E-state index contributed by atoms with van der Waals surface area (Å²) in [6, 6.07) is 20.0. The lowest BCUT2D eigenvalue weighted by Crippen LogP contribution is -2.41. The Bertz CT molecular complexity index is 1250. The molecule has 3 aromatic carbocycles. The van der Waals surface area contributed by atoms with Crippen molar-refractivity contribution in [1.29, 1.82) is 0 Å². The maximum absolute atomic E-state index is 13.4. The number of fused-ring (bicyclic) bond motifs is 1. The van der Waals surface area contributed by atoms with Gasteiger partial charge in [0, 0.05) is 4.47 Å². The van der Waals surface area contributed by atoms with Crippen LogP contribution in [-0.2, 0) is 14.8 Å². The van der Waals surface area contributed by atoms with Crippen molar-refractivity contribution in [2.45, 2.75) is 17.9 Å². The van der Waals surface area contributed by atoms with E-state index in [9.17, 15) is 13.2 Å². The van der Waals surface area contributed by atoms with E-state index in [-0.39, 0.29) is 17.5 Å². The molecule has 1 aliphatic rings. The lowest BCUT2D eigenvalue weighted by molar-refractivity contribution is -0.120. The fourth-order valence-corrected chi connectivity index (χ4v) is 5.32. The van der Waals surface area contributed by atoms with Crippen LogP contribution in [0.15, 0.2) is 82.2 Å². The molecular formula is C24H23BrN2O5S. The van der Waals surface area contributed by atoms with E-state index in [4.69, 9.17) is 9.47 Å². The third-order valence-electron chi connectivity index (χ3n) is 5.16. The summed E-state index contributed by atoms with van der Waals surface area (Å²) in [6.45, 7) is 2.43. The van der Waals surface area contributed by atoms with Gasteiger partial charge in [0.15, 0.2) is 11.5 Å². The van der Waals surface area contributed by atoms with Crippen molar-refractivity contribution in [3.8, 4) is 11.5 Å². The monoisotopic (exact) mass is 530 g/mol. The first-order chi connectivity index (χ1) is 15.8. The minimum atomic E-state index is -3.96. The first-order valence-corrected chi connectivity index (χ1v) is 12.6. The van der Waals surface area contributed by atoms with E-state index in [1.807, 2.05) is 19.1 Å². The Labute approximate surface area is 201 Å². The van der Waals surface area contributed by atoms with E-state index in [0.29, 0.717) is 34.9 Å². The summed E-state index contributed by atoms with van der Waals surface area (Å²) < 4.78 is 39.8. The van der Waals surface area contributed by atoms with Crippen LogP contribution in [0.2, 0.25) is 0 Å². The summed E-state index contributed by atoms with van der Waals surface area (Å²) in [6.07, 6.45) is 0. The lowest BCUT2D eigenvalue weighted by Gasteiger charge is -2.25. The van der Waals surface area contributed by atoms with E-state index in [1.54, 1.807) is 48.5 Å². The smallest absolute Gasteiger partial charge is 0.264 e. The highest BCUT2D eigenvalue weighted by atomic mass is 79.9. The van der Waals surface area contributed by atoms with Crippen LogP contribution in [-0.4, -0.2) is 34.1 Å². The van der Waals surface area contributed by atoms with Crippen LogP contribution in [0.1, 0.15) is 18.5 Å². The number of carbonyl (C=O) groups excluding carboxylic acids is 1. The van der Waals surface area contributed by atoms with Gasteiger partial charge in [0.05, 0.1) is 16.6 Å². The zero-order chi connectivity index (χ0) is 23.4. The molecule has 9 heteroatoms. The maximum Gasteiger partial charge on any atom is 0.264 e. The van der Waals surface area contributed by atoms with Crippen molar-refractivity contribution in [3.63, 3.8) is 0 Å². The molecule has 1 atom stereocenters. The van der Waals surface area contributed by atoms with Crippen LogP contribution >= 0.6 is 15.9 Å². The highest BCUT2D eigenvalue weighted by Gasteiger charge is 2.28. The lowest BCUT2D eigenvalue weighted by atomic mass is 10.1. The van der Waals surface area contributed by atoms with Gasteiger partial charge in [0.2, 0.25) is 5.91 Å². The van der Waals surface area contributed by atoms with Gasteiger partial charge in [-0.25, -0.2) is 8.42 Å². The average Bonchev–Trinajstić information content (AvgIpc) is 2.82. The fourth-order valence-electron chi connectivity index (χ4n) is 3.50. The van der Waals surface area contributed by atoms with Crippen molar-refractivity contribution in [2.75, 3.05) is 24.1 Å². The van der Waals surface area contributed by atoms with E-state index in [0.717, 1.165) is 9.87 Å². The molecule has 0 unspecified atom stereocenters. The molecule has 172 valence electrons. The number of anilines is 1. The van der Waals surface area contributed by atoms with Crippen LogP contribution in [0.25, 0.3) is 0 Å². The largest absolute Gasteiger partial charge is 0.486 e. The Balaban J connectivity index is 1.56. The molecule has 1 N–H and O–H groups in total. The molecule has 3 aromatic rings. The van der Waals surface area contributed by atoms with Gasteiger partial charge >= 0.3 is 0 Å². The second kappa shape index (κ2) is 9.84. The summed E-state index contributed by atoms with van der Waals surface area (Å²) in [5.74, 6) is 0.859. The number of carbonyl (C=O) groups is 1. The van der Waals surface area contributed by atoms with Gasteiger partial charge in [0.25, 0.3) is 10.0 Å². The van der Waals surface area contributed by atoms with Crippen molar-refractivity contribution in [2.24, 2.45) is 0 Å². The molecule has 0 aromatic heterocycles. The SMILES string of the molecule is C[C@H](NC(=O)CN(c1cccc(Br)c1)S(=O)(=O)c1ccccc1)c1ccc2c(c1)OCCO2.